The lowest BCUT2D eigenvalue weighted by molar-refractivity contribution is 0.602. The maximum absolute atomic E-state index is 6.02. The molecule has 0 fully saturated rings. The van der Waals surface area contributed by atoms with Crippen molar-refractivity contribution in [3.8, 4) is 0 Å². The van der Waals surface area contributed by atoms with Crippen LogP contribution in [0.25, 0.3) is 11.0 Å². The van der Waals surface area contributed by atoms with Gasteiger partial charge in [-0.25, -0.2) is 4.98 Å². The van der Waals surface area contributed by atoms with Gasteiger partial charge in [-0.05, 0) is 65.6 Å². The quantitative estimate of drug-likeness (QED) is 0.368. The molecule has 1 heterocycles. The Morgan fingerprint density at radius 2 is 2.16 bits per heavy atom. The van der Waals surface area contributed by atoms with Crippen LogP contribution in [0.2, 0.25) is 0 Å². The van der Waals surface area contributed by atoms with E-state index in [-0.39, 0.29) is 0 Å². The number of aryl methyl sites for hydroxylation is 1. The van der Waals surface area contributed by atoms with Gasteiger partial charge in [0.05, 0.1) is 16.9 Å². The zero-order chi connectivity index (χ0) is 13.7. The minimum atomic E-state index is 0.482. The average Bonchev–Trinajstić information content (AvgIpc) is 2.75. The summed E-state index contributed by atoms with van der Waals surface area (Å²) >= 11 is 10.3. The molecule has 0 atom stereocenters. The molecule has 5 heteroatoms. The first kappa shape index (κ1) is 15.4. The topological polar surface area (TPSA) is 17.8 Å². The highest BCUT2D eigenvalue weighted by Gasteiger charge is 2.09. The Hall–Kier alpha value is 0.0600. The molecule has 2 nitrogen and oxygen atoms in total. The van der Waals surface area contributed by atoms with Crippen LogP contribution in [-0.4, -0.2) is 21.6 Å². The number of fused-ring (bicyclic) bond motifs is 1. The monoisotopic (exact) mass is 408 g/mol. The van der Waals surface area contributed by atoms with Crippen LogP contribution < -0.4 is 0 Å². The number of alkyl halides is 1. The van der Waals surface area contributed by atoms with Gasteiger partial charge in [-0.1, -0.05) is 6.42 Å². The van der Waals surface area contributed by atoms with Crippen molar-refractivity contribution in [1.82, 2.24) is 9.55 Å². The number of halogens is 2. The molecule has 0 N–H and O–H groups in total. The maximum atomic E-state index is 6.02. The molecular weight excluding hydrogens is 391 g/mol. The average molecular weight is 409 g/mol. The van der Waals surface area contributed by atoms with Crippen LogP contribution in [0.3, 0.4) is 0 Å². The molecule has 0 radical (unpaired) electrons. The molecule has 1 aromatic carbocycles. The molecule has 2 rings (SSSR count). The van der Waals surface area contributed by atoms with Crippen molar-refractivity contribution in [3.05, 3.63) is 27.6 Å². The minimum absolute atomic E-state index is 0.482. The van der Waals surface area contributed by atoms with Crippen LogP contribution >= 0.6 is 46.0 Å². The largest absolute Gasteiger partial charge is 0.327 e. The molecule has 0 amide bonds. The number of thioether (sulfide) groups is 1. The lowest BCUT2D eigenvalue weighted by Gasteiger charge is -2.07. The maximum Gasteiger partial charge on any atom is 0.124 e. The van der Waals surface area contributed by atoms with Gasteiger partial charge in [-0.15, -0.1) is 11.6 Å². The summed E-state index contributed by atoms with van der Waals surface area (Å²) in [7, 11) is 0. The first-order chi connectivity index (χ1) is 9.26. The van der Waals surface area contributed by atoms with E-state index >= 15 is 0 Å². The fourth-order valence-electron chi connectivity index (χ4n) is 2.20. The van der Waals surface area contributed by atoms with Crippen LogP contribution in [0.1, 0.15) is 25.1 Å². The van der Waals surface area contributed by atoms with Crippen molar-refractivity contribution in [3.63, 3.8) is 0 Å². The molecule has 0 unspecified atom stereocenters. The fraction of sp³-hybridized carbons (Fsp3) is 0.500. The van der Waals surface area contributed by atoms with E-state index in [0.717, 1.165) is 17.9 Å². The fourth-order valence-corrected chi connectivity index (χ4v) is 3.37. The van der Waals surface area contributed by atoms with Crippen molar-refractivity contribution in [1.29, 1.82) is 0 Å². The van der Waals surface area contributed by atoms with E-state index in [9.17, 15) is 0 Å². The Morgan fingerprint density at radius 1 is 1.32 bits per heavy atom. The highest BCUT2D eigenvalue weighted by Crippen LogP contribution is 2.21. The molecule has 0 bridgehead atoms. The van der Waals surface area contributed by atoms with Gasteiger partial charge in [0.25, 0.3) is 0 Å². The molecule has 0 aliphatic rings. The Morgan fingerprint density at radius 3 is 2.89 bits per heavy atom. The highest BCUT2D eigenvalue weighted by molar-refractivity contribution is 14.1. The molecule has 0 spiro atoms. The van der Waals surface area contributed by atoms with Crippen molar-refractivity contribution in [2.45, 2.75) is 31.7 Å². The van der Waals surface area contributed by atoms with Crippen LogP contribution in [0.4, 0.5) is 0 Å². The van der Waals surface area contributed by atoms with Gasteiger partial charge in [-0.2, -0.15) is 11.8 Å². The molecule has 0 saturated heterocycles. The zero-order valence-electron chi connectivity index (χ0n) is 11.0. The summed E-state index contributed by atoms with van der Waals surface area (Å²) in [6.07, 6.45) is 5.92. The number of unbranched alkanes of at least 4 members (excludes halogenated alkanes) is 2. The van der Waals surface area contributed by atoms with E-state index in [1.54, 1.807) is 0 Å². The summed E-state index contributed by atoms with van der Waals surface area (Å²) in [5.74, 6) is 2.73. The SMILES string of the molecule is CSCCCCCn1c(CCl)nc2cc(I)ccc21. The predicted molar refractivity (Wildman–Crippen MR) is 94.2 cm³/mol. The lowest BCUT2D eigenvalue weighted by atomic mass is 10.2. The van der Waals surface area contributed by atoms with Crippen LogP contribution in [0, 0.1) is 3.57 Å². The van der Waals surface area contributed by atoms with E-state index in [1.807, 2.05) is 11.8 Å². The van der Waals surface area contributed by atoms with Crippen molar-refractivity contribution in [2.75, 3.05) is 12.0 Å². The molecule has 2 aromatic rings. The molecular formula is C14H18ClIN2S. The second kappa shape index (κ2) is 7.74. The summed E-state index contributed by atoms with van der Waals surface area (Å²) in [5.41, 5.74) is 2.27. The minimum Gasteiger partial charge on any atom is -0.327 e. The summed E-state index contributed by atoms with van der Waals surface area (Å²) in [6.45, 7) is 1.02. The second-order valence-electron chi connectivity index (χ2n) is 4.50. The summed E-state index contributed by atoms with van der Waals surface area (Å²) < 4.78 is 3.49. The molecule has 0 aliphatic heterocycles. The Labute approximate surface area is 137 Å². The zero-order valence-corrected chi connectivity index (χ0v) is 14.8. The van der Waals surface area contributed by atoms with Gasteiger partial charge in [0, 0.05) is 10.1 Å². The number of hydrogen-bond acceptors (Lipinski definition) is 2. The molecule has 19 heavy (non-hydrogen) atoms. The van der Waals surface area contributed by atoms with Crippen LogP contribution in [-0.2, 0) is 12.4 Å². The van der Waals surface area contributed by atoms with Crippen molar-refractivity contribution in [2.24, 2.45) is 0 Å². The van der Waals surface area contributed by atoms with Crippen molar-refractivity contribution >= 4 is 57.0 Å². The lowest BCUT2D eigenvalue weighted by Crippen LogP contribution is -2.02. The van der Waals surface area contributed by atoms with Gasteiger partial charge >= 0.3 is 0 Å². The molecule has 104 valence electrons. The Kier molecular flexibility index (Phi) is 6.29. The van der Waals surface area contributed by atoms with Gasteiger partial charge in [-0.3, -0.25) is 0 Å². The third-order valence-electron chi connectivity index (χ3n) is 3.14. The third-order valence-corrected chi connectivity index (χ3v) is 4.75. The van der Waals surface area contributed by atoms with E-state index in [1.165, 1.54) is 34.1 Å². The van der Waals surface area contributed by atoms with E-state index in [4.69, 9.17) is 11.6 Å². The van der Waals surface area contributed by atoms with Crippen LogP contribution in [0.5, 0.6) is 0 Å². The predicted octanol–water partition coefficient (Wildman–Crippen LogP) is 4.91. The van der Waals surface area contributed by atoms with Crippen molar-refractivity contribution < 1.29 is 0 Å². The van der Waals surface area contributed by atoms with Crippen LogP contribution in [0.15, 0.2) is 18.2 Å². The van der Waals surface area contributed by atoms with E-state index in [2.05, 4.69) is 56.6 Å². The van der Waals surface area contributed by atoms with Gasteiger partial charge < -0.3 is 4.57 Å². The Balaban J connectivity index is 2.11. The van der Waals surface area contributed by atoms with Gasteiger partial charge in [0.2, 0.25) is 0 Å². The first-order valence-electron chi connectivity index (χ1n) is 6.46. The molecule has 0 aliphatic carbocycles. The number of imidazole rings is 1. The second-order valence-corrected chi connectivity index (χ2v) is 7.00. The van der Waals surface area contributed by atoms with Gasteiger partial charge in [0.15, 0.2) is 0 Å². The van der Waals surface area contributed by atoms with Gasteiger partial charge in [0.1, 0.15) is 5.82 Å². The smallest absolute Gasteiger partial charge is 0.124 e. The Bertz CT molecular complexity index is 541. The number of rotatable bonds is 7. The molecule has 0 saturated carbocycles. The number of nitrogens with zero attached hydrogens (tertiary/aromatic N) is 2. The standard InChI is InChI=1S/C14H18ClIN2S/c1-19-8-4-2-3-7-18-13-6-5-11(16)9-12(13)17-14(18)10-15/h5-6,9H,2-4,7-8,10H2,1H3. The first-order valence-corrected chi connectivity index (χ1v) is 9.46. The molecule has 1 aromatic heterocycles. The third kappa shape index (κ3) is 4.02. The highest BCUT2D eigenvalue weighted by atomic mass is 127. The number of hydrogen-bond donors (Lipinski definition) is 0. The number of benzene rings is 1. The number of aromatic nitrogens is 2. The summed E-state index contributed by atoms with van der Waals surface area (Å²) in [5, 5.41) is 0. The van der Waals surface area contributed by atoms with E-state index < -0.39 is 0 Å². The normalized spacial score (nSPS) is 11.3. The summed E-state index contributed by atoms with van der Waals surface area (Å²) in [6, 6.07) is 6.41. The summed E-state index contributed by atoms with van der Waals surface area (Å²) in [4.78, 5) is 4.63. The van der Waals surface area contributed by atoms with E-state index in [0.29, 0.717) is 5.88 Å².